The number of aryl methyl sites for hydroxylation is 1. The number of carbonyl (C=O) groups excluding carboxylic acids is 1. The van der Waals surface area contributed by atoms with Gasteiger partial charge < -0.3 is 0 Å². The lowest BCUT2D eigenvalue weighted by Gasteiger charge is -2.18. The van der Waals surface area contributed by atoms with Gasteiger partial charge in [-0.15, -0.1) is 0 Å². The Morgan fingerprint density at radius 1 is 1.00 bits per heavy atom. The highest BCUT2D eigenvalue weighted by Crippen LogP contribution is 2.19. The molecule has 1 atom stereocenters. The lowest BCUT2D eigenvalue weighted by Crippen LogP contribution is -2.32. The van der Waals surface area contributed by atoms with Gasteiger partial charge in [0, 0.05) is 12.3 Å². The van der Waals surface area contributed by atoms with E-state index in [0.29, 0.717) is 0 Å². The van der Waals surface area contributed by atoms with Crippen molar-refractivity contribution in [2.45, 2.75) is 38.2 Å². The normalized spacial score (nSPS) is 13.0. The Balaban J connectivity index is 2.27. The molecule has 0 spiro atoms. The molecule has 0 aromatic heterocycles. The van der Waals surface area contributed by atoms with Crippen molar-refractivity contribution in [2.75, 3.05) is 0 Å². The molecule has 2 rings (SSSR count). The van der Waals surface area contributed by atoms with Crippen molar-refractivity contribution in [3.05, 3.63) is 65.7 Å². The van der Waals surface area contributed by atoms with E-state index in [9.17, 15) is 13.2 Å². The second-order valence-electron chi connectivity index (χ2n) is 6.10. The van der Waals surface area contributed by atoms with E-state index >= 15 is 0 Å². The summed E-state index contributed by atoms with van der Waals surface area (Å²) in [5, 5.41) is 0. The van der Waals surface area contributed by atoms with E-state index in [1.807, 2.05) is 37.3 Å². The number of benzene rings is 2. The fraction of sp³-hybridized carbons (Fsp3) is 0.316. The summed E-state index contributed by atoms with van der Waals surface area (Å²) >= 11 is 0. The SMILES string of the molecule is Cc1ccc(S(=O)(=O)O[C@@H](Cc2ccccc2)C(=O)C(C)C)cc1. The molecule has 0 aliphatic rings. The van der Waals surface area contributed by atoms with E-state index in [4.69, 9.17) is 4.18 Å². The standard InChI is InChI=1S/C19H22O4S/c1-14(2)19(20)18(13-16-7-5-4-6-8-16)23-24(21,22)17-11-9-15(3)10-12-17/h4-12,14,18H,13H2,1-3H3/t18-/m0/s1. The number of hydrogen-bond donors (Lipinski definition) is 0. The molecule has 4 nitrogen and oxygen atoms in total. The molecule has 0 saturated carbocycles. The van der Waals surface area contributed by atoms with Gasteiger partial charge in [0.15, 0.2) is 5.78 Å². The van der Waals surface area contributed by atoms with Crippen molar-refractivity contribution < 1.29 is 17.4 Å². The Labute approximate surface area is 143 Å². The molecule has 5 heteroatoms. The minimum atomic E-state index is -4.00. The third kappa shape index (κ3) is 4.76. The van der Waals surface area contributed by atoms with Crippen LogP contribution in [0.2, 0.25) is 0 Å². The summed E-state index contributed by atoms with van der Waals surface area (Å²) in [5.41, 5.74) is 1.81. The van der Waals surface area contributed by atoms with Gasteiger partial charge in [0.25, 0.3) is 10.1 Å². The van der Waals surface area contributed by atoms with Gasteiger partial charge in [-0.1, -0.05) is 61.9 Å². The largest absolute Gasteiger partial charge is 0.297 e. The topological polar surface area (TPSA) is 60.4 Å². The molecule has 0 saturated heterocycles. The molecule has 0 bridgehead atoms. The van der Waals surface area contributed by atoms with Gasteiger partial charge in [-0.25, -0.2) is 0 Å². The third-order valence-corrected chi connectivity index (χ3v) is 5.04. The molecular formula is C19H22O4S. The van der Waals surface area contributed by atoms with Crippen LogP contribution in [0.1, 0.15) is 25.0 Å². The van der Waals surface area contributed by atoms with E-state index in [2.05, 4.69) is 0 Å². The van der Waals surface area contributed by atoms with Gasteiger partial charge >= 0.3 is 0 Å². The zero-order chi connectivity index (χ0) is 17.7. The molecule has 0 aliphatic heterocycles. The van der Waals surface area contributed by atoms with Crippen LogP contribution in [-0.2, 0) is 25.5 Å². The second-order valence-corrected chi connectivity index (χ2v) is 7.67. The predicted octanol–water partition coefficient (Wildman–Crippen LogP) is 3.54. The molecule has 0 unspecified atom stereocenters. The van der Waals surface area contributed by atoms with Crippen LogP contribution in [0.3, 0.4) is 0 Å². The van der Waals surface area contributed by atoms with E-state index in [0.717, 1.165) is 11.1 Å². The molecule has 0 aliphatic carbocycles. The molecule has 2 aromatic carbocycles. The van der Waals surface area contributed by atoms with Gasteiger partial charge in [-0.2, -0.15) is 8.42 Å². The maximum absolute atomic E-state index is 12.5. The fourth-order valence-electron chi connectivity index (χ4n) is 2.30. The van der Waals surface area contributed by atoms with Crippen LogP contribution in [0, 0.1) is 12.8 Å². The maximum atomic E-state index is 12.5. The summed E-state index contributed by atoms with van der Waals surface area (Å²) in [6.45, 7) is 5.35. The van der Waals surface area contributed by atoms with Crippen LogP contribution < -0.4 is 0 Å². The van der Waals surface area contributed by atoms with Crippen LogP contribution in [0.25, 0.3) is 0 Å². The summed E-state index contributed by atoms with van der Waals surface area (Å²) in [5.74, 6) is -0.540. The quantitative estimate of drug-likeness (QED) is 0.720. The maximum Gasteiger partial charge on any atom is 0.297 e. The van der Waals surface area contributed by atoms with Crippen molar-refractivity contribution in [2.24, 2.45) is 5.92 Å². The molecule has 0 heterocycles. The summed E-state index contributed by atoms with van der Waals surface area (Å²) in [7, 11) is -4.00. The first-order valence-electron chi connectivity index (χ1n) is 7.87. The van der Waals surface area contributed by atoms with E-state index in [1.165, 1.54) is 12.1 Å². The molecule has 24 heavy (non-hydrogen) atoms. The van der Waals surface area contributed by atoms with Gasteiger partial charge in [-0.3, -0.25) is 8.98 Å². The Morgan fingerprint density at radius 3 is 2.12 bits per heavy atom. The fourth-order valence-corrected chi connectivity index (χ4v) is 3.34. The van der Waals surface area contributed by atoms with Crippen LogP contribution >= 0.6 is 0 Å². The molecule has 0 amide bonds. The van der Waals surface area contributed by atoms with Crippen molar-refractivity contribution in [1.29, 1.82) is 0 Å². The summed E-state index contributed by atoms with van der Waals surface area (Å²) in [6.07, 6.45) is -0.804. The predicted molar refractivity (Wildman–Crippen MR) is 93.2 cm³/mol. The Morgan fingerprint density at radius 2 is 1.58 bits per heavy atom. The van der Waals surface area contributed by atoms with Gasteiger partial charge in [0.1, 0.15) is 6.10 Å². The first-order chi connectivity index (χ1) is 11.3. The highest BCUT2D eigenvalue weighted by atomic mass is 32.2. The third-order valence-electron chi connectivity index (χ3n) is 3.70. The lowest BCUT2D eigenvalue weighted by molar-refractivity contribution is -0.128. The minimum Gasteiger partial charge on any atom is -0.296 e. The average molecular weight is 346 g/mol. The molecule has 0 radical (unpaired) electrons. The Bertz CT molecular complexity index is 778. The van der Waals surface area contributed by atoms with Gasteiger partial charge in [0.05, 0.1) is 4.90 Å². The van der Waals surface area contributed by atoms with Crippen molar-refractivity contribution in [1.82, 2.24) is 0 Å². The lowest BCUT2D eigenvalue weighted by atomic mass is 9.98. The van der Waals surface area contributed by atoms with Gasteiger partial charge in [-0.05, 0) is 24.6 Å². The van der Waals surface area contributed by atoms with Crippen LogP contribution in [0.5, 0.6) is 0 Å². The number of hydrogen-bond acceptors (Lipinski definition) is 4. The molecular weight excluding hydrogens is 324 g/mol. The molecule has 0 N–H and O–H groups in total. The number of rotatable bonds is 7. The van der Waals surface area contributed by atoms with Crippen LogP contribution in [0.15, 0.2) is 59.5 Å². The smallest absolute Gasteiger partial charge is 0.296 e. The zero-order valence-electron chi connectivity index (χ0n) is 14.1. The van der Waals surface area contributed by atoms with Crippen LogP contribution in [-0.4, -0.2) is 20.3 Å². The highest BCUT2D eigenvalue weighted by Gasteiger charge is 2.29. The van der Waals surface area contributed by atoms with Crippen molar-refractivity contribution in [3.63, 3.8) is 0 Å². The van der Waals surface area contributed by atoms with Gasteiger partial charge in [0.2, 0.25) is 0 Å². The molecule has 0 fully saturated rings. The highest BCUT2D eigenvalue weighted by molar-refractivity contribution is 7.86. The summed E-state index contributed by atoms with van der Waals surface area (Å²) in [4.78, 5) is 12.5. The average Bonchev–Trinajstić information content (AvgIpc) is 2.54. The summed E-state index contributed by atoms with van der Waals surface area (Å²) < 4.78 is 30.3. The Kier molecular flexibility index (Phi) is 5.91. The van der Waals surface area contributed by atoms with E-state index < -0.39 is 16.2 Å². The number of Topliss-reactive ketones (excluding diaryl/α,β-unsaturated/α-hetero) is 1. The Hall–Kier alpha value is -1.98. The second kappa shape index (κ2) is 7.73. The zero-order valence-corrected chi connectivity index (χ0v) is 14.9. The molecule has 2 aromatic rings. The van der Waals surface area contributed by atoms with Crippen molar-refractivity contribution >= 4 is 15.9 Å². The summed E-state index contributed by atoms with van der Waals surface area (Å²) in [6, 6.07) is 15.6. The van der Waals surface area contributed by atoms with E-state index in [1.54, 1.807) is 26.0 Å². The number of carbonyl (C=O) groups is 1. The monoisotopic (exact) mass is 346 g/mol. The molecule has 128 valence electrons. The minimum absolute atomic E-state index is 0.0581. The van der Waals surface area contributed by atoms with E-state index in [-0.39, 0.29) is 23.0 Å². The van der Waals surface area contributed by atoms with Crippen LogP contribution in [0.4, 0.5) is 0 Å². The number of ketones is 1. The first-order valence-corrected chi connectivity index (χ1v) is 9.28. The first kappa shape index (κ1) is 18.4. The van der Waals surface area contributed by atoms with Crippen molar-refractivity contribution in [3.8, 4) is 0 Å².